The molecule has 1 aliphatic rings. The van der Waals surface area contributed by atoms with Crippen molar-refractivity contribution in [2.24, 2.45) is 5.92 Å². The second kappa shape index (κ2) is 10.3. The maximum atomic E-state index is 13.0. The third kappa shape index (κ3) is 5.28. The van der Waals surface area contributed by atoms with Crippen LogP contribution >= 0.6 is 0 Å². The molecule has 1 aromatic heterocycles. The first kappa shape index (κ1) is 23.3. The molecule has 2 heterocycles. The van der Waals surface area contributed by atoms with Crippen molar-refractivity contribution in [3.63, 3.8) is 0 Å². The van der Waals surface area contributed by atoms with Crippen LogP contribution in [0.5, 0.6) is 11.6 Å². The molecule has 0 spiro atoms. The molecule has 1 aliphatic heterocycles. The molecule has 172 valence electrons. The lowest BCUT2D eigenvalue weighted by atomic mass is 10.0. The molecule has 1 aromatic carbocycles. The summed E-state index contributed by atoms with van der Waals surface area (Å²) in [7, 11) is 3.27. The summed E-state index contributed by atoms with van der Waals surface area (Å²) >= 11 is 0. The maximum Gasteiger partial charge on any atom is 0.321 e. The number of carbonyl (C=O) groups is 2. The molecule has 0 bridgehead atoms. The van der Waals surface area contributed by atoms with E-state index in [-0.39, 0.29) is 42.9 Å². The molecule has 2 N–H and O–H groups in total. The fourth-order valence-electron chi connectivity index (χ4n) is 3.51. The van der Waals surface area contributed by atoms with Gasteiger partial charge in [0.1, 0.15) is 17.4 Å². The predicted octanol–water partition coefficient (Wildman–Crippen LogP) is 2.47. The Balaban J connectivity index is 1.76. The van der Waals surface area contributed by atoms with Crippen molar-refractivity contribution in [1.29, 1.82) is 0 Å². The molecule has 9 heteroatoms. The summed E-state index contributed by atoms with van der Waals surface area (Å²) < 4.78 is 11.3. The number of hydrogen-bond donors (Lipinski definition) is 2. The molecule has 32 heavy (non-hydrogen) atoms. The maximum absolute atomic E-state index is 13.0. The van der Waals surface area contributed by atoms with E-state index in [0.717, 1.165) is 0 Å². The molecule has 2 aromatic rings. The summed E-state index contributed by atoms with van der Waals surface area (Å²) in [5.74, 6) is 0.591. The van der Waals surface area contributed by atoms with E-state index in [1.807, 2.05) is 6.92 Å². The lowest BCUT2D eigenvalue weighted by Crippen LogP contribution is -2.50. The highest BCUT2D eigenvalue weighted by Crippen LogP contribution is 2.26. The molecule has 0 unspecified atom stereocenters. The normalized spacial score (nSPS) is 19.2. The monoisotopic (exact) mass is 442 g/mol. The number of nitrogens with zero attached hydrogens (tertiary/aromatic N) is 3. The Labute approximate surface area is 187 Å². The highest BCUT2D eigenvalue weighted by Gasteiger charge is 2.34. The van der Waals surface area contributed by atoms with Crippen molar-refractivity contribution < 1.29 is 24.2 Å². The van der Waals surface area contributed by atoms with Gasteiger partial charge in [0.15, 0.2) is 0 Å². The van der Waals surface area contributed by atoms with Gasteiger partial charge in [-0.05, 0) is 43.3 Å². The van der Waals surface area contributed by atoms with Gasteiger partial charge in [-0.2, -0.15) is 0 Å². The Morgan fingerprint density at radius 1 is 1.38 bits per heavy atom. The third-order valence-electron chi connectivity index (χ3n) is 5.58. The number of hydrogen-bond acceptors (Lipinski definition) is 6. The van der Waals surface area contributed by atoms with Crippen LogP contribution < -0.4 is 14.8 Å². The second-order valence-corrected chi connectivity index (χ2v) is 8.02. The average molecular weight is 443 g/mol. The lowest BCUT2D eigenvalue weighted by molar-refractivity contribution is 0.0356. The van der Waals surface area contributed by atoms with E-state index in [9.17, 15) is 14.7 Å². The standard InChI is InChI=1S/C23H30N4O5/c1-15-12-27(16(2)14-28)22(29)19-6-5-11-24-21(19)32-20(15)13-26(3)23(30)25-17-7-9-18(31-4)10-8-17/h5-11,15-16,20,28H,12-14H2,1-4H3,(H,25,30)/t15-,16+,20-/m0/s1. The van der Waals surface area contributed by atoms with Gasteiger partial charge in [0, 0.05) is 31.4 Å². The number of rotatable bonds is 6. The number of pyridine rings is 1. The van der Waals surface area contributed by atoms with Crippen LogP contribution in [0.4, 0.5) is 10.5 Å². The smallest absolute Gasteiger partial charge is 0.321 e. The van der Waals surface area contributed by atoms with Crippen molar-refractivity contribution in [3.8, 4) is 11.6 Å². The molecule has 3 rings (SSSR count). The zero-order valence-corrected chi connectivity index (χ0v) is 18.8. The van der Waals surface area contributed by atoms with E-state index >= 15 is 0 Å². The predicted molar refractivity (Wildman–Crippen MR) is 120 cm³/mol. The van der Waals surface area contributed by atoms with Gasteiger partial charge in [-0.1, -0.05) is 6.92 Å². The van der Waals surface area contributed by atoms with E-state index < -0.39 is 6.10 Å². The summed E-state index contributed by atoms with van der Waals surface area (Å²) in [5.41, 5.74) is 0.991. The fraction of sp³-hybridized carbons (Fsp3) is 0.435. The van der Waals surface area contributed by atoms with Gasteiger partial charge in [-0.25, -0.2) is 9.78 Å². The Hall–Kier alpha value is -3.33. The lowest BCUT2D eigenvalue weighted by Gasteiger charge is -2.37. The van der Waals surface area contributed by atoms with Gasteiger partial charge in [0.25, 0.3) is 5.91 Å². The van der Waals surface area contributed by atoms with Gasteiger partial charge in [-0.15, -0.1) is 0 Å². The van der Waals surface area contributed by atoms with E-state index in [1.165, 1.54) is 4.90 Å². The highest BCUT2D eigenvalue weighted by molar-refractivity contribution is 5.96. The fourth-order valence-corrected chi connectivity index (χ4v) is 3.51. The molecule has 0 saturated carbocycles. The number of amides is 3. The van der Waals surface area contributed by atoms with Gasteiger partial charge >= 0.3 is 6.03 Å². The van der Waals surface area contributed by atoms with E-state index in [0.29, 0.717) is 23.5 Å². The second-order valence-electron chi connectivity index (χ2n) is 8.02. The molecule has 0 saturated heterocycles. The number of ether oxygens (including phenoxy) is 2. The number of aromatic nitrogens is 1. The van der Waals surface area contributed by atoms with Crippen LogP contribution in [0.2, 0.25) is 0 Å². The molecule has 3 atom stereocenters. The topological polar surface area (TPSA) is 104 Å². The van der Waals surface area contributed by atoms with Crippen LogP contribution in [0.25, 0.3) is 0 Å². The van der Waals surface area contributed by atoms with Gasteiger partial charge in [0.2, 0.25) is 5.88 Å². The summed E-state index contributed by atoms with van der Waals surface area (Å²) in [6.07, 6.45) is 1.16. The van der Waals surface area contributed by atoms with Gasteiger partial charge < -0.3 is 29.7 Å². The van der Waals surface area contributed by atoms with Crippen molar-refractivity contribution in [1.82, 2.24) is 14.8 Å². The van der Waals surface area contributed by atoms with Crippen LogP contribution in [-0.4, -0.2) is 77.8 Å². The number of aliphatic hydroxyl groups is 1. The van der Waals surface area contributed by atoms with Gasteiger partial charge in [0.05, 0.1) is 26.3 Å². The molecule has 0 radical (unpaired) electrons. The Morgan fingerprint density at radius 3 is 2.75 bits per heavy atom. The van der Waals surface area contributed by atoms with Crippen LogP contribution in [0.3, 0.4) is 0 Å². The molecule has 3 amide bonds. The largest absolute Gasteiger partial charge is 0.497 e. The van der Waals surface area contributed by atoms with E-state index in [4.69, 9.17) is 9.47 Å². The minimum absolute atomic E-state index is 0.112. The number of anilines is 1. The number of benzene rings is 1. The number of nitrogens with one attached hydrogen (secondary N) is 1. The summed E-state index contributed by atoms with van der Waals surface area (Å²) in [4.78, 5) is 33.2. The Morgan fingerprint density at radius 2 is 2.09 bits per heavy atom. The quantitative estimate of drug-likeness (QED) is 0.712. The summed E-state index contributed by atoms with van der Waals surface area (Å²) in [6, 6.07) is 9.77. The van der Waals surface area contributed by atoms with E-state index in [1.54, 1.807) is 68.6 Å². The zero-order valence-electron chi connectivity index (χ0n) is 18.8. The number of likely N-dealkylation sites (N-methyl/N-ethyl adjacent to an activating group) is 1. The number of aliphatic hydroxyl groups excluding tert-OH is 1. The van der Waals surface area contributed by atoms with Crippen molar-refractivity contribution in [3.05, 3.63) is 48.2 Å². The molecule has 0 aliphatic carbocycles. The minimum atomic E-state index is -0.406. The molecule has 0 fully saturated rings. The first-order chi connectivity index (χ1) is 15.3. The number of methoxy groups -OCH3 is 1. The van der Waals surface area contributed by atoms with Crippen molar-refractivity contribution in [2.45, 2.75) is 26.0 Å². The molecule has 9 nitrogen and oxygen atoms in total. The number of fused-ring (bicyclic) bond motifs is 1. The van der Waals surface area contributed by atoms with Crippen LogP contribution in [0, 0.1) is 5.92 Å². The first-order valence-corrected chi connectivity index (χ1v) is 10.5. The molecular formula is C23H30N4O5. The van der Waals surface area contributed by atoms with Crippen LogP contribution in [0.15, 0.2) is 42.6 Å². The third-order valence-corrected chi connectivity index (χ3v) is 5.58. The summed E-state index contributed by atoms with van der Waals surface area (Å²) in [5, 5.41) is 12.5. The number of urea groups is 1. The van der Waals surface area contributed by atoms with E-state index in [2.05, 4.69) is 10.3 Å². The minimum Gasteiger partial charge on any atom is -0.497 e. The van der Waals surface area contributed by atoms with Crippen LogP contribution in [0.1, 0.15) is 24.2 Å². The Bertz CT molecular complexity index is 936. The van der Waals surface area contributed by atoms with Crippen LogP contribution in [-0.2, 0) is 0 Å². The highest BCUT2D eigenvalue weighted by atomic mass is 16.5. The van der Waals surface area contributed by atoms with Crippen molar-refractivity contribution >= 4 is 17.6 Å². The van der Waals surface area contributed by atoms with Gasteiger partial charge in [-0.3, -0.25) is 4.79 Å². The molecular weight excluding hydrogens is 412 g/mol. The first-order valence-electron chi connectivity index (χ1n) is 10.5. The Kier molecular flexibility index (Phi) is 7.53. The SMILES string of the molecule is COc1ccc(NC(=O)N(C)C[C@@H]2Oc3ncccc3C(=O)N([C@H](C)CO)C[C@@H]2C)cc1. The number of carbonyl (C=O) groups excluding carboxylic acids is 2. The van der Waals surface area contributed by atoms with Crippen molar-refractivity contribution in [2.75, 3.05) is 39.2 Å². The zero-order chi connectivity index (χ0) is 23.3. The average Bonchev–Trinajstić information content (AvgIpc) is 2.81. The summed E-state index contributed by atoms with van der Waals surface area (Å²) in [6.45, 7) is 4.27.